The van der Waals surface area contributed by atoms with Crippen LogP contribution in [0.25, 0.3) is 0 Å². The molecule has 1 heterocycles. The van der Waals surface area contributed by atoms with Gasteiger partial charge in [-0.05, 0) is 18.2 Å². The highest BCUT2D eigenvalue weighted by Crippen LogP contribution is 2.30. The van der Waals surface area contributed by atoms with Crippen LogP contribution < -0.4 is 11.1 Å². The van der Waals surface area contributed by atoms with Crippen molar-refractivity contribution in [3.05, 3.63) is 41.8 Å². The molecule has 1 amide bonds. The number of nitrogens with two attached hydrogens (primary N) is 1. The van der Waals surface area contributed by atoms with E-state index in [0.29, 0.717) is 0 Å². The first-order valence-corrected chi connectivity index (χ1v) is 5.06. The molecule has 0 spiro atoms. The summed E-state index contributed by atoms with van der Waals surface area (Å²) in [4.78, 5) is 15.2. The molecule has 5 nitrogen and oxygen atoms in total. The molecule has 0 aliphatic carbocycles. The van der Waals surface area contributed by atoms with Crippen LogP contribution in [0.3, 0.4) is 0 Å². The van der Waals surface area contributed by atoms with Crippen LogP contribution in [0.1, 0.15) is 16.1 Å². The highest BCUT2D eigenvalue weighted by atomic mass is 19.4. The summed E-state index contributed by atoms with van der Waals surface area (Å²) in [5.74, 6) is -0.709. The van der Waals surface area contributed by atoms with Crippen LogP contribution in [0.2, 0.25) is 0 Å². The smallest absolute Gasteiger partial charge is 0.416 e. The van der Waals surface area contributed by atoms with Crippen molar-refractivity contribution in [3.8, 4) is 0 Å². The van der Waals surface area contributed by atoms with E-state index in [1.54, 1.807) is 0 Å². The normalized spacial score (nSPS) is 11.3. The van der Waals surface area contributed by atoms with Gasteiger partial charge in [-0.3, -0.25) is 4.79 Å². The summed E-state index contributed by atoms with van der Waals surface area (Å²) in [6.07, 6.45) is -3.46. The molecule has 0 radical (unpaired) electrons. The molecule has 19 heavy (non-hydrogen) atoms. The molecule has 100 valence electrons. The maximum absolute atomic E-state index is 12.5. The van der Waals surface area contributed by atoms with E-state index in [2.05, 4.69) is 14.7 Å². The highest BCUT2D eigenvalue weighted by Gasteiger charge is 2.30. The predicted molar refractivity (Wildman–Crippen MR) is 60.3 cm³/mol. The van der Waals surface area contributed by atoms with Gasteiger partial charge >= 0.3 is 6.18 Å². The molecule has 0 aliphatic rings. The Balaban J connectivity index is 2.18. The molecule has 0 bridgehead atoms. The Morgan fingerprint density at radius 2 is 2.11 bits per heavy atom. The Morgan fingerprint density at radius 3 is 2.68 bits per heavy atom. The largest absolute Gasteiger partial charge is 0.431 e. The third-order valence-corrected chi connectivity index (χ3v) is 2.20. The zero-order chi connectivity index (χ0) is 14.0. The molecule has 0 saturated carbocycles. The summed E-state index contributed by atoms with van der Waals surface area (Å²) in [6.45, 7) is 0. The Bertz CT molecular complexity index is 607. The molecule has 2 aromatic rings. The number of amides is 1. The number of nitrogens with one attached hydrogen (secondary N) is 1. The molecule has 8 heteroatoms. The van der Waals surface area contributed by atoms with Gasteiger partial charge in [0.1, 0.15) is 6.26 Å². The van der Waals surface area contributed by atoms with E-state index >= 15 is 0 Å². The minimum Gasteiger partial charge on any atom is -0.431 e. The standard InChI is InChI=1S/C11H8F3N3O2/c12-11(13,14)6-2-1-3-7(4-6)16-9(18)8-5-19-10(15)17-8/h1-5H,(H2,15,17)(H,16,18). The first-order valence-electron chi connectivity index (χ1n) is 5.06. The fraction of sp³-hybridized carbons (Fsp3) is 0.0909. The van der Waals surface area contributed by atoms with Crippen molar-refractivity contribution in [2.24, 2.45) is 0 Å². The van der Waals surface area contributed by atoms with Gasteiger partial charge in [-0.25, -0.2) is 0 Å². The number of oxazole rings is 1. The number of carbonyl (C=O) groups excluding carboxylic acids is 1. The zero-order valence-electron chi connectivity index (χ0n) is 9.36. The Labute approximate surface area is 105 Å². The maximum atomic E-state index is 12.5. The molecule has 1 aromatic carbocycles. The van der Waals surface area contributed by atoms with E-state index in [4.69, 9.17) is 5.73 Å². The van der Waals surface area contributed by atoms with E-state index in [-0.39, 0.29) is 17.4 Å². The van der Waals surface area contributed by atoms with E-state index in [0.717, 1.165) is 18.4 Å². The van der Waals surface area contributed by atoms with Gasteiger partial charge in [-0.2, -0.15) is 18.2 Å². The quantitative estimate of drug-likeness (QED) is 0.879. The number of halogens is 3. The molecule has 0 aliphatic heterocycles. The summed E-state index contributed by atoms with van der Waals surface area (Å²) in [7, 11) is 0. The fourth-order valence-corrected chi connectivity index (χ4v) is 1.36. The number of aromatic nitrogens is 1. The van der Waals surface area contributed by atoms with Crippen LogP contribution in [0.5, 0.6) is 0 Å². The van der Waals surface area contributed by atoms with Crippen LogP contribution in [-0.4, -0.2) is 10.9 Å². The summed E-state index contributed by atoms with van der Waals surface area (Å²) >= 11 is 0. The van der Waals surface area contributed by atoms with Crippen molar-refractivity contribution in [1.29, 1.82) is 0 Å². The summed E-state index contributed by atoms with van der Waals surface area (Å²) in [5.41, 5.74) is 4.21. The van der Waals surface area contributed by atoms with Crippen LogP contribution >= 0.6 is 0 Å². The average Bonchev–Trinajstić information content (AvgIpc) is 2.75. The van der Waals surface area contributed by atoms with Crippen LogP contribution in [0.15, 0.2) is 34.9 Å². The minimum absolute atomic E-state index is 0.00129. The number of alkyl halides is 3. The van der Waals surface area contributed by atoms with Crippen molar-refractivity contribution < 1.29 is 22.4 Å². The Hall–Kier alpha value is -2.51. The second kappa shape index (κ2) is 4.63. The van der Waals surface area contributed by atoms with Crippen LogP contribution in [0.4, 0.5) is 24.9 Å². The van der Waals surface area contributed by atoms with E-state index in [1.165, 1.54) is 12.1 Å². The monoisotopic (exact) mass is 271 g/mol. The number of nitrogen functional groups attached to an aromatic ring is 1. The van der Waals surface area contributed by atoms with Gasteiger partial charge in [-0.1, -0.05) is 6.07 Å². The first kappa shape index (κ1) is 12.9. The maximum Gasteiger partial charge on any atom is 0.416 e. The lowest BCUT2D eigenvalue weighted by molar-refractivity contribution is -0.137. The second-order valence-electron chi connectivity index (χ2n) is 3.60. The molecular formula is C11H8F3N3O2. The number of nitrogens with zero attached hydrogens (tertiary/aromatic N) is 1. The highest BCUT2D eigenvalue weighted by molar-refractivity contribution is 6.02. The second-order valence-corrected chi connectivity index (χ2v) is 3.60. The summed E-state index contributed by atoms with van der Waals surface area (Å²) in [6, 6.07) is 4.05. The predicted octanol–water partition coefficient (Wildman–Crippen LogP) is 2.53. The molecular weight excluding hydrogens is 263 g/mol. The van der Waals surface area contributed by atoms with Gasteiger partial charge in [0.05, 0.1) is 5.56 Å². The van der Waals surface area contributed by atoms with E-state index in [9.17, 15) is 18.0 Å². The van der Waals surface area contributed by atoms with Gasteiger partial charge in [0.2, 0.25) is 0 Å². The average molecular weight is 271 g/mol. The molecule has 3 N–H and O–H groups in total. The summed E-state index contributed by atoms with van der Waals surface area (Å²) in [5, 5.41) is 2.27. The third kappa shape index (κ3) is 3.03. The zero-order valence-corrected chi connectivity index (χ0v) is 9.36. The van der Waals surface area contributed by atoms with Crippen molar-refractivity contribution in [3.63, 3.8) is 0 Å². The van der Waals surface area contributed by atoms with Crippen LogP contribution in [-0.2, 0) is 6.18 Å². The van der Waals surface area contributed by atoms with Crippen molar-refractivity contribution in [2.75, 3.05) is 11.1 Å². The minimum atomic E-state index is -4.47. The fourth-order valence-electron chi connectivity index (χ4n) is 1.36. The molecule has 0 unspecified atom stereocenters. The topological polar surface area (TPSA) is 81.1 Å². The molecule has 0 atom stereocenters. The van der Waals surface area contributed by atoms with Crippen molar-refractivity contribution >= 4 is 17.6 Å². The van der Waals surface area contributed by atoms with Crippen molar-refractivity contribution in [1.82, 2.24) is 4.98 Å². The third-order valence-electron chi connectivity index (χ3n) is 2.20. The Morgan fingerprint density at radius 1 is 1.37 bits per heavy atom. The molecule has 0 fully saturated rings. The number of hydrogen-bond acceptors (Lipinski definition) is 4. The SMILES string of the molecule is Nc1nc(C(=O)Nc2cccc(C(F)(F)F)c2)co1. The van der Waals surface area contributed by atoms with E-state index in [1.807, 2.05) is 0 Å². The number of rotatable bonds is 2. The lowest BCUT2D eigenvalue weighted by Gasteiger charge is -2.08. The van der Waals surface area contributed by atoms with Crippen molar-refractivity contribution in [2.45, 2.75) is 6.18 Å². The van der Waals surface area contributed by atoms with Gasteiger partial charge in [0.15, 0.2) is 5.69 Å². The first-order chi connectivity index (χ1) is 8.86. The Kier molecular flexibility index (Phi) is 3.16. The van der Waals surface area contributed by atoms with Gasteiger partial charge in [-0.15, -0.1) is 0 Å². The van der Waals surface area contributed by atoms with Gasteiger partial charge in [0.25, 0.3) is 11.9 Å². The number of anilines is 2. The lowest BCUT2D eigenvalue weighted by atomic mass is 10.2. The van der Waals surface area contributed by atoms with E-state index < -0.39 is 17.6 Å². The molecule has 2 rings (SSSR count). The van der Waals surface area contributed by atoms with Gasteiger partial charge < -0.3 is 15.5 Å². The van der Waals surface area contributed by atoms with Gasteiger partial charge in [0, 0.05) is 5.69 Å². The molecule has 0 saturated heterocycles. The lowest BCUT2D eigenvalue weighted by Crippen LogP contribution is -2.13. The number of hydrogen-bond donors (Lipinski definition) is 2. The summed E-state index contributed by atoms with van der Waals surface area (Å²) < 4.78 is 42.1. The molecule has 1 aromatic heterocycles. The van der Waals surface area contributed by atoms with Crippen LogP contribution in [0, 0.1) is 0 Å². The number of carbonyl (C=O) groups is 1. The number of benzene rings is 1.